The van der Waals surface area contributed by atoms with Crippen LogP contribution in [0.5, 0.6) is 5.75 Å². The maximum Gasteiger partial charge on any atom is 0.228 e. The SMILES string of the molecule is CCN(CC)C(=O)[C@H](C)[C@H]1CC[C@@H](C[C@@H](C)n2cc(C#CCOc3ccccc3)nn2)O1. The molecule has 1 aromatic carbocycles. The van der Waals surface area contributed by atoms with E-state index < -0.39 is 0 Å². The van der Waals surface area contributed by atoms with Gasteiger partial charge in [0.05, 0.1) is 30.4 Å². The lowest BCUT2D eigenvalue weighted by Gasteiger charge is -2.26. The van der Waals surface area contributed by atoms with Crippen molar-refractivity contribution >= 4 is 5.91 Å². The van der Waals surface area contributed by atoms with Crippen LogP contribution in [0.2, 0.25) is 0 Å². The number of nitrogens with zero attached hydrogens (tertiary/aromatic N) is 4. The Kier molecular flexibility index (Phi) is 8.69. The summed E-state index contributed by atoms with van der Waals surface area (Å²) in [6.07, 6.45) is 4.68. The van der Waals surface area contributed by atoms with E-state index in [1.54, 1.807) is 0 Å². The van der Waals surface area contributed by atoms with Crippen LogP contribution in [-0.2, 0) is 9.53 Å². The number of ether oxygens (including phenoxy) is 2. The van der Waals surface area contributed by atoms with Gasteiger partial charge < -0.3 is 14.4 Å². The Morgan fingerprint density at radius 3 is 2.72 bits per heavy atom. The zero-order valence-corrected chi connectivity index (χ0v) is 19.5. The molecule has 3 rings (SSSR count). The first-order valence-electron chi connectivity index (χ1n) is 11.5. The van der Waals surface area contributed by atoms with Crippen LogP contribution in [0.25, 0.3) is 0 Å². The summed E-state index contributed by atoms with van der Waals surface area (Å²) in [5, 5.41) is 8.38. The maximum atomic E-state index is 12.6. The molecule has 172 valence electrons. The Balaban J connectivity index is 1.46. The van der Waals surface area contributed by atoms with Crippen molar-refractivity contribution in [2.24, 2.45) is 5.92 Å². The third kappa shape index (κ3) is 6.33. The van der Waals surface area contributed by atoms with E-state index in [0.717, 1.165) is 38.1 Å². The highest BCUT2D eigenvalue weighted by Crippen LogP contribution is 2.31. The van der Waals surface area contributed by atoms with Gasteiger partial charge in [0.15, 0.2) is 5.69 Å². The van der Waals surface area contributed by atoms with Crippen molar-refractivity contribution in [3.8, 4) is 17.6 Å². The Morgan fingerprint density at radius 1 is 1.25 bits per heavy atom. The van der Waals surface area contributed by atoms with E-state index in [1.807, 2.05) is 66.9 Å². The van der Waals surface area contributed by atoms with Crippen molar-refractivity contribution in [2.45, 2.75) is 65.2 Å². The van der Waals surface area contributed by atoms with Crippen LogP contribution in [0.3, 0.4) is 0 Å². The first-order valence-corrected chi connectivity index (χ1v) is 11.5. The van der Waals surface area contributed by atoms with Gasteiger partial charge in [0.2, 0.25) is 5.91 Å². The molecule has 4 atom stereocenters. The highest BCUT2D eigenvalue weighted by atomic mass is 16.5. The fraction of sp³-hybridized carbons (Fsp3) is 0.560. The van der Waals surface area contributed by atoms with Crippen molar-refractivity contribution in [2.75, 3.05) is 19.7 Å². The van der Waals surface area contributed by atoms with E-state index in [4.69, 9.17) is 9.47 Å². The summed E-state index contributed by atoms with van der Waals surface area (Å²) in [5.74, 6) is 6.84. The summed E-state index contributed by atoms with van der Waals surface area (Å²) in [6.45, 7) is 9.90. The van der Waals surface area contributed by atoms with Crippen LogP contribution in [0.4, 0.5) is 0 Å². The van der Waals surface area contributed by atoms with Gasteiger partial charge in [-0.25, -0.2) is 4.68 Å². The number of carbonyl (C=O) groups is 1. The minimum absolute atomic E-state index is 0.0120. The van der Waals surface area contributed by atoms with Crippen LogP contribution < -0.4 is 4.74 Å². The van der Waals surface area contributed by atoms with Crippen LogP contribution in [0.15, 0.2) is 36.5 Å². The monoisotopic (exact) mass is 438 g/mol. The molecule has 0 aliphatic carbocycles. The Labute approximate surface area is 191 Å². The van der Waals surface area contributed by atoms with Gasteiger partial charge in [0.25, 0.3) is 0 Å². The second-order valence-electron chi connectivity index (χ2n) is 8.25. The van der Waals surface area contributed by atoms with Gasteiger partial charge in [-0.15, -0.1) is 5.10 Å². The quantitative estimate of drug-likeness (QED) is 0.558. The number of carbonyl (C=O) groups excluding carboxylic acids is 1. The standard InChI is InChI=1S/C25H34N4O3/c1-5-28(6-2)25(30)20(4)24-15-14-23(32-24)17-19(3)29-18-21(26-27-29)11-10-16-31-22-12-8-7-9-13-22/h7-9,12-13,18-20,23-24H,5-6,14-17H2,1-4H3/t19-,20-,23+,24-/m1/s1. The molecule has 7 heteroatoms. The zero-order valence-electron chi connectivity index (χ0n) is 19.5. The number of amides is 1. The lowest BCUT2D eigenvalue weighted by atomic mass is 9.99. The molecule has 0 radical (unpaired) electrons. The van der Waals surface area contributed by atoms with Crippen LogP contribution in [0, 0.1) is 17.8 Å². The van der Waals surface area contributed by atoms with Gasteiger partial charge in [-0.3, -0.25) is 4.79 Å². The van der Waals surface area contributed by atoms with E-state index >= 15 is 0 Å². The Hall–Kier alpha value is -2.85. The number of aromatic nitrogens is 3. The van der Waals surface area contributed by atoms with Crippen molar-refractivity contribution < 1.29 is 14.3 Å². The summed E-state index contributed by atoms with van der Waals surface area (Å²) in [7, 11) is 0. The first-order chi connectivity index (χ1) is 15.5. The van der Waals surface area contributed by atoms with E-state index in [9.17, 15) is 4.79 Å². The Morgan fingerprint density at radius 2 is 2.00 bits per heavy atom. The molecule has 32 heavy (non-hydrogen) atoms. The van der Waals surface area contributed by atoms with Crippen molar-refractivity contribution in [1.82, 2.24) is 19.9 Å². The second-order valence-corrected chi connectivity index (χ2v) is 8.25. The molecule has 1 aliphatic heterocycles. The molecule has 0 saturated carbocycles. The molecule has 0 spiro atoms. The third-order valence-corrected chi connectivity index (χ3v) is 6.00. The van der Waals surface area contributed by atoms with Crippen molar-refractivity contribution in [1.29, 1.82) is 0 Å². The van der Waals surface area contributed by atoms with Crippen LogP contribution >= 0.6 is 0 Å². The summed E-state index contributed by atoms with van der Waals surface area (Å²) in [6, 6.07) is 9.73. The minimum atomic E-state index is -0.110. The molecule has 7 nitrogen and oxygen atoms in total. The highest BCUT2D eigenvalue weighted by molar-refractivity contribution is 5.79. The molecule has 1 aromatic heterocycles. The molecule has 2 heterocycles. The van der Waals surface area contributed by atoms with Gasteiger partial charge >= 0.3 is 0 Å². The zero-order chi connectivity index (χ0) is 22.9. The lowest BCUT2D eigenvalue weighted by Crippen LogP contribution is -2.39. The molecule has 1 saturated heterocycles. The van der Waals surface area contributed by atoms with E-state index in [-0.39, 0.29) is 30.1 Å². The fourth-order valence-electron chi connectivity index (χ4n) is 4.06. The number of para-hydroxylation sites is 1. The number of benzene rings is 1. The predicted octanol–water partition coefficient (Wildman–Crippen LogP) is 3.71. The number of rotatable bonds is 9. The normalized spacial score (nSPS) is 19.6. The van der Waals surface area contributed by atoms with E-state index in [0.29, 0.717) is 12.3 Å². The van der Waals surface area contributed by atoms with Crippen LogP contribution in [0.1, 0.15) is 58.7 Å². The third-order valence-electron chi connectivity index (χ3n) is 6.00. The molecule has 1 amide bonds. The van der Waals surface area contributed by atoms with Crippen molar-refractivity contribution in [3.05, 3.63) is 42.2 Å². The molecular weight excluding hydrogens is 404 g/mol. The van der Waals surface area contributed by atoms with Gasteiger partial charge in [-0.1, -0.05) is 36.3 Å². The molecule has 1 fully saturated rings. The summed E-state index contributed by atoms with van der Waals surface area (Å²) >= 11 is 0. The molecule has 0 bridgehead atoms. The fourth-order valence-corrected chi connectivity index (χ4v) is 4.06. The smallest absolute Gasteiger partial charge is 0.228 e. The molecule has 0 unspecified atom stereocenters. The molecule has 0 N–H and O–H groups in total. The molecule has 2 aromatic rings. The van der Waals surface area contributed by atoms with Gasteiger partial charge in [-0.2, -0.15) is 0 Å². The average molecular weight is 439 g/mol. The van der Waals surface area contributed by atoms with Gasteiger partial charge in [0.1, 0.15) is 12.4 Å². The summed E-state index contributed by atoms with van der Waals surface area (Å²) < 4.78 is 13.7. The second kappa shape index (κ2) is 11.7. The highest BCUT2D eigenvalue weighted by Gasteiger charge is 2.35. The van der Waals surface area contributed by atoms with Gasteiger partial charge in [0, 0.05) is 13.1 Å². The molecular formula is C25H34N4O3. The van der Waals surface area contributed by atoms with Crippen LogP contribution in [-0.4, -0.2) is 57.7 Å². The van der Waals surface area contributed by atoms with E-state index in [1.165, 1.54) is 0 Å². The number of hydrogen-bond donors (Lipinski definition) is 0. The Bertz CT molecular complexity index is 914. The lowest BCUT2D eigenvalue weighted by molar-refractivity contribution is -0.139. The average Bonchev–Trinajstić information content (AvgIpc) is 3.47. The maximum absolute atomic E-state index is 12.6. The molecule has 1 aliphatic rings. The largest absolute Gasteiger partial charge is 0.481 e. The van der Waals surface area contributed by atoms with E-state index in [2.05, 4.69) is 29.1 Å². The predicted molar refractivity (Wildman–Crippen MR) is 123 cm³/mol. The summed E-state index contributed by atoms with van der Waals surface area (Å²) in [4.78, 5) is 14.5. The van der Waals surface area contributed by atoms with Crippen molar-refractivity contribution in [3.63, 3.8) is 0 Å². The topological polar surface area (TPSA) is 69.5 Å². The minimum Gasteiger partial charge on any atom is -0.481 e. The number of hydrogen-bond acceptors (Lipinski definition) is 5. The van der Waals surface area contributed by atoms with Gasteiger partial charge in [-0.05, 0) is 58.1 Å². The summed E-state index contributed by atoms with van der Waals surface area (Å²) in [5.41, 5.74) is 0.622. The first kappa shape index (κ1) is 23.8.